The van der Waals surface area contributed by atoms with Crippen LogP contribution in [0.5, 0.6) is 5.75 Å². The van der Waals surface area contributed by atoms with Crippen LogP contribution in [0.4, 0.5) is 8.78 Å². The summed E-state index contributed by atoms with van der Waals surface area (Å²) in [4.78, 5) is 7.45. The van der Waals surface area contributed by atoms with E-state index in [1.54, 1.807) is 6.07 Å². The number of ether oxygens (including phenoxy) is 2. The number of aromatic amines is 1. The van der Waals surface area contributed by atoms with Crippen molar-refractivity contribution in [1.29, 1.82) is 0 Å². The number of hydrogen-bond donors (Lipinski definition) is 2. The number of benzene rings is 1. The van der Waals surface area contributed by atoms with E-state index in [9.17, 15) is 8.78 Å². The summed E-state index contributed by atoms with van der Waals surface area (Å²) >= 11 is 0. The number of nitrogens with one attached hydrogen (secondary N) is 1. The zero-order valence-electron chi connectivity index (χ0n) is 11.6. The van der Waals surface area contributed by atoms with E-state index in [-0.39, 0.29) is 17.9 Å². The van der Waals surface area contributed by atoms with Crippen molar-refractivity contribution in [2.45, 2.75) is 38.0 Å². The lowest BCUT2D eigenvalue weighted by molar-refractivity contribution is -0.158. The van der Waals surface area contributed by atoms with Crippen molar-refractivity contribution in [2.24, 2.45) is 5.73 Å². The number of rotatable bonds is 4. The number of alkyl halides is 2. The number of fused-ring (bicyclic) bond motifs is 1. The predicted octanol–water partition coefficient (Wildman–Crippen LogP) is 2.73. The normalized spacial score (nSPS) is 20.9. The molecular formula is C14H17F2N3O2. The Bertz CT molecular complexity index is 633. The topological polar surface area (TPSA) is 73.2 Å². The highest BCUT2D eigenvalue weighted by molar-refractivity contribution is 5.76. The van der Waals surface area contributed by atoms with Crippen molar-refractivity contribution in [2.75, 3.05) is 6.61 Å². The summed E-state index contributed by atoms with van der Waals surface area (Å²) in [5, 5.41) is 0. The van der Waals surface area contributed by atoms with E-state index in [1.807, 2.05) is 0 Å². The molecule has 1 aliphatic rings. The highest BCUT2D eigenvalue weighted by Gasteiger charge is 2.27. The van der Waals surface area contributed by atoms with E-state index in [0.29, 0.717) is 30.4 Å². The van der Waals surface area contributed by atoms with Crippen LogP contribution in [0.1, 0.15) is 31.6 Å². The van der Waals surface area contributed by atoms with Gasteiger partial charge in [-0.25, -0.2) is 4.98 Å². The maximum absolute atomic E-state index is 12.9. The molecule has 2 unspecified atom stereocenters. The fraction of sp³-hybridized carbons (Fsp3) is 0.500. The highest BCUT2D eigenvalue weighted by Crippen LogP contribution is 2.28. The number of H-pyrrole nitrogens is 1. The average Bonchev–Trinajstić information content (AvgIpc) is 3.04. The molecule has 2 heterocycles. The van der Waals surface area contributed by atoms with Crippen molar-refractivity contribution in [1.82, 2.24) is 9.97 Å². The second kappa shape index (κ2) is 5.23. The minimum absolute atomic E-state index is 0.0544. The lowest BCUT2D eigenvalue weighted by Gasteiger charge is -2.15. The van der Waals surface area contributed by atoms with Crippen LogP contribution in [0, 0.1) is 0 Å². The maximum atomic E-state index is 12.9. The first-order valence-electron chi connectivity index (χ1n) is 6.86. The van der Waals surface area contributed by atoms with Gasteiger partial charge in [-0.15, -0.1) is 0 Å². The SMILES string of the molecule is CC(F)(F)Oc1ccc2nc(C(N)C3CCCO3)[nH]c2c1. The zero-order chi connectivity index (χ0) is 15.0. The molecule has 0 saturated carbocycles. The number of nitrogens with two attached hydrogens (primary N) is 1. The molecule has 1 aromatic carbocycles. The van der Waals surface area contributed by atoms with Crippen molar-refractivity contribution in [3.05, 3.63) is 24.0 Å². The monoisotopic (exact) mass is 297 g/mol. The molecule has 0 radical (unpaired) electrons. The van der Waals surface area contributed by atoms with Gasteiger partial charge in [-0.05, 0) is 25.0 Å². The Morgan fingerprint density at radius 2 is 2.33 bits per heavy atom. The second-order valence-corrected chi connectivity index (χ2v) is 5.29. The Morgan fingerprint density at radius 3 is 3.00 bits per heavy atom. The quantitative estimate of drug-likeness (QED) is 0.910. The van der Waals surface area contributed by atoms with Crippen molar-refractivity contribution >= 4 is 11.0 Å². The molecule has 114 valence electrons. The molecule has 0 spiro atoms. The minimum Gasteiger partial charge on any atom is -0.433 e. The van der Waals surface area contributed by atoms with Gasteiger partial charge in [0.15, 0.2) is 0 Å². The Labute approximate surface area is 120 Å². The van der Waals surface area contributed by atoms with Gasteiger partial charge in [-0.1, -0.05) is 0 Å². The van der Waals surface area contributed by atoms with Crippen LogP contribution >= 0.6 is 0 Å². The second-order valence-electron chi connectivity index (χ2n) is 5.29. The summed E-state index contributed by atoms with van der Waals surface area (Å²) < 4.78 is 35.8. The van der Waals surface area contributed by atoms with Gasteiger partial charge in [-0.2, -0.15) is 8.78 Å². The summed E-state index contributed by atoms with van der Waals surface area (Å²) in [6.07, 6.45) is -1.39. The van der Waals surface area contributed by atoms with Crippen molar-refractivity contribution in [3.8, 4) is 5.75 Å². The van der Waals surface area contributed by atoms with Gasteiger partial charge in [-0.3, -0.25) is 0 Å². The van der Waals surface area contributed by atoms with Gasteiger partial charge in [0.1, 0.15) is 11.6 Å². The van der Waals surface area contributed by atoms with Gasteiger partial charge in [0.2, 0.25) is 0 Å². The van der Waals surface area contributed by atoms with Gasteiger partial charge < -0.3 is 20.2 Å². The molecule has 1 aliphatic heterocycles. The van der Waals surface area contributed by atoms with Gasteiger partial charge in [0.25, 0.3) is 0 Å². The van der Waals surface area contributed by atoms with Crippen LogP contribution < -0.4 is 10.5 Å². The van der Waals surface area contributed by atoms with Crippen molar-refractivity contribution < 1.29 is 18.3 Å². The predicted molar refractivity (Wildman–Crippen MR) is 73.2 cm³/mol. The summed E-state index contributed by atoms with van der Waals surface area (Å²) in [7, 11) is 0. The molecule has 1 saturated heterocycles. The molecule has 3 rings (SSSR count). The Kier molecular flexibility index (Phi) is 3.54. The van der Waals surface area contributed by atoms with E-state index in [2.05, 4.69) is 14.7 Å². The molecule has 21 heavy (non-hydrogen) atoms. The average molecular weight is 297 g/mol. The van der Waals surface area contributed by atoms with Crippen molar-refractivity contribution in [3.63, 3.8) is 0 Å². The van der Waals surface area contributed by atoms with Crippen LogP contribution in [0.2, 0.25) is 0 Å². The number of hydrogen-bond acceptors (Lipinski definition) is 4. The number of nitrogens with zero attached hydrogens (tertiary/aromatic N) is 1. The standard InChI is InChI=1S/C14H17F2N3O2/c1-14(15,16)21-8-4-5-9-10(7-8)19-13(18-9)12(17)11-3-2-6-20-11/h4-5,7,11-12H,2-3,6,17H2,1H3,(H,18,19). The molecular weight excluding hydrogens is 280 g/mol. The van der Waals surface area contributed by atoms with Gasteiger partial charge in [0, 0.05) is 19.6 Å². The van der Waals surface area contributed by atoms with Gasteiger partial charge in [0.05, 0.1) is 23.2 Å². The maximum Gasteiger partial charge on any atom is 0.394 e. The zero-order valence-corrected chi connectivity index (χ0v) is 11.6. The molecule has 0 amide bonds. The van der Waals surface area contributed by atoms with E-state index in [0.717, 1.165) is 12.8 Å². The molecule has 5 nitrogen and oxygen atoms in total. The third-order valence-electron chi connectivity index (χ3n) is 3.45. The molecule has 0 aliphatic carbocycles. The van der Waals surface area contributed by atoms with E-state index in [1.165, 1.54) is 12.1 Å². The minimum atomic E-state index is -3.22. The number of aromatic nitrogens is 2. The molecule has 1 fully saturated rings. The fourth-order valence-corrected chi connectivity index (χ4v) is 2.50. The Morgan fingerprint density at radius 1 is 1.52 bits per heavy atom. The molecule has 7 heteroatoms. The Balaban J connectivity index is 1.85. The van der Waals surface area contributed by atoms with Crippen LogP contribution in [-0.2, 0) is 4.74 Å². The Hall–Kier alpha value is -1.73. The highest BCUT2D eigenvalue weighted by atomic mass is 19.3. The lowest BCUT2D eigenvalue weighted by atomic mass is 10.1. The molecule has 0 bridgehead atoms. The molecule has 2 aromatic rings. The van der Waals surface area contributed by atoms with Crippen LogP contribution in [-0.4, -0.2) is 28.8 Å². The number of halogens is 2. The van der Waals surface area contributed by atoms with E-state index >= 15 is 0 Å². The molecule has 1 aromatic heterocycles. The van der Waals surface area contributed by atoms with Crippen LogP contribution in [0.25, 0.3) is 11.0 Å². The fourth-order valence-electron chi connectivity index (χ4n) is 2.50. The largest absolute Gasteiger partial charge is 0.433 e. The van der Waals surface area contributed by atoms with Crippen LogP contribution in [0.15, 0.2) is 18.2 Å². The smallest absolute Gasteiger partial charge is 0.394 e. The molecule has 2 atom stereocenters. The third-order valence-corrected chi connectivity index (χ3v) is 3.45. The summed E-state index contributed by atoms with van der Waals surface area (Å²) in [5.41, 5.74) is 7.40. The van der Waals surface area contributed by atoms with Crippen LogP contribution in [0.3, 0.4) is 0 Å². The summed E-state index contributed by atoms with van der Waals surface area (Å²) in [5.74, 6) is 0.674. The molecule has 3 N–H and O–H groups in total. The first-order valence-corrected chi connectivity index (χ1v) is 6.86. The lowest BCUT2D eigenvalue weighted by Crippen LogP contribution is -2.26. The van der Waals surface area contributed by atoms with E-state index < -0.39 is 6.11 Å². The summed E-state index contributed by atoms with van der Waals surface area (Å²) in [6, 6.07) is 4.23. The summed E-state index contributed by atoms with van der Waals surface area (Å²) in [6.45, 7) is 1.41. The first kappa shape index (κ1) is 14.2. The third kappa shape index (κ3) is 3.14. The first-order chi connectivity index (χ1) is 9.92. The number of imidazole rings is 1. The van der Waals surface area contributed by atoms with E-state index in [4.69, 9.17) is 10.5 Å². The van der Waals surface area contributed by atoms with Gasteiger partial charge >= 0.3 is 6.11 Å².